The number of carbonyl (C=O) groups excluding carboxylic acids is 2. The molecule has 1 aromatic rings. The third kappa shape index (κ3) is 6.40. The van der Waals surface area contributed by atoms with Gasteiger partial charge in [0.25, 0.3) is 5.91 Å². The van der Waals surface area contributed by atoms with Gasteiger partial charge in [0.15, 0.2) is 9.84 Å². The van der Waals surface area contributed by atoms with E-state index in [9.17, 15) is 23.1 Å². The Morgan fingerprint density at radius 2 is 1.71 bits per heavy atom. The van der Waals surface area contributed by atoms with Gasteiger partial charge in [-0.1, -0.05) is 6.42 Å². The van der Waals surface area contributed by atoms with Crippen LogP contribution in [-0.4, -0.2) is 33.1 Å². The van der Waals surface area contributed by atoms with E-state index in [1.807, 2.05) is 0 Å². The Morgan fingerprint density at radius 3 is 2.24 bits per heavy atom. The Labute approximate surface area is 124 Å². The summed E-state index contributed by atoms with van der Waals surface area (Å²) in [4.78, 5) is 22.1. The van der Waals surface area contributed by atoms with Crippen molar-refractivity contribution < 1.29 is 23.1 Å². The lowest BCUT2D eigenvalue weighted by atomic mass is 10.2. The van der Waals surface area contributed by atoms with E-state index in [0.717, 1.165) is 6.26 Å². The highest BCUT2D eigenvalue weighted by Crippen LogP contribution is 2.10. The van der Waals surface area contributed by atoms with Crippen molar-refractivity contribution in [1.82, 2.24) is 5.32 Å². The number of benzene rings is 1. The summed E-state index contributed by atoms with van der Waals surface area (Å²) in [5.41, 5.74) is 0.386. The van der Waals surface area contributed by atoms with Crippen LogP contribution in [0.5, 0.6) is 0 Å². The predicted octanol–water partition coefficient (Wildman–Crippen LogP) is 0.130. The van der Waals surface area contributed by atoms with E-state index in [1.54, 1.807) is 0 Å². The second-order valence-corrected chi connectivity index (χ2v) is 6.75. The summed E-state index contributed by atoms with van der Waals surface area (Å²) in [6.45, 7) is 0.444. The Balaban J connectivity index is 2.37. The van der Waals surface area contributed by atoms with Crippen molar-refractivity contribution in [3.63, 3.8) is 0 Å². The third-order valence-electron chi connectivity index (χ3n) is 2.89. The van der Waals surface area contributed by atoms with Gasteiger partial charge in [0.05, 0.1) is 4.90 Å². The van der Waals surface area contributed by atoms with E-state index in [-0.39, 0.29) is 17.2 Å². The molecule has 0 saturated heterocycles. The van der Waals surface area contributed by atoms with Crippen LogP contribution in [-0.2, 0) is 14.6 Å². The highest BCUT2D eigenvalue weighted by molar-refractivity contribution is 7.90. The number of rotatable bonds is 8. The van der Waals surface area contributed by atoms with E-state index in [4.69, 9.17) is 0 Å². The summed E-state index contributed by atoms with van der Waals surface area (Å²) < 4.78 is 22.6. The van der Waals surface area contributed by atoms with Gasteiger partial charge in [0, 0.05) is 24.3 Å². The van der Waals surface area contributed by atoms with Crippen LogP contribution in [0.2, 0.25) is 0 Å². The minimum Gasteiger partial charge on any atom is -0.550 e. The van der Waals surface area contributed by atoms with Crippen LogP contribution in [0.3, 0.4) is 0 Å². The number of amides is 1. The molecule has 0 unspecified atom stereocenters. The minimum absolute atomic E-state index is 0.0287. The highest BCUT2D eigenvalue weighted by Gasteiger charge is 2.09. The van der Waals surface area contributed by atoms with Crippen molar-refractivity contribution in [3.8, 4) is 0 Å². The molecule has 7 heteroatoms. The molecule has 21 heavy (non-hydrogen) atoms. The van der Waals surface area contributed by atoms with Gasteiger partial charge >= 0.3 is 0 Å². The number of hydrogen-bond acceptors (Lipinski definition) is 5. The number of carboxylic acids is 1. The second kappa shape index (κ2) is 7.78. The van der Waals surface area contributed by atoms with Crippen LogP contribution in [0.25, 0.3) is 0 Å². The molecule has 0 spiro atoms. The standard InChI is InChI=1S/C14H19NO5S/c1-21(19,20)12-8-6-11(7-9-12)14(18)15-10-4-2-3-5-13(16)17/h6-9H,2-5,10H2,1H3,(H,15,18)(H,16,17)/p-1. The Morgan fingerprint density at radius 1 is 1.10 bits per heavy atom. The Bertz CT molecular complexity index is 592. The number of carboxylic acid groups (broad SMARTS) is 1. The van der Waals surface area contributed by atoms with Crippen LogP contribution >= 0.6 is 0 Å². The van der Waals surface area contributed by atoms with Crippen molar-refractivity contribution >= 4 is 21.7 Å². The Kier molecular flexibility index (Phi) is 6.36. The summed E-state index contributed by atoms with van der Waals surface area (Å²) in [5, 5.41) is 12.9. The minimum atomic E-state index is -3.26. The lowest BCUT2D eigenvalue weighted by molar-refractivity contribution is -0.305. The largest absolute Gasteiger partial charge is 0.550 e. The fourth-order valence-corrected chi connectivity index (χ4v) is 2.36. The van der Waals surface area contributed by atoms with E-state index < -0.39 is 15.8 Å². The number of hydrogen-bond donors (Lipinski definition) is 1. The molecular formula is C14H18NO5S-. The molecule has 0 bridgehead atoms. The molecule has 0 radical (unpaired) electrons. The lowest BCUT2D eigenvalue weighted by Gasteiger charge is -2.06. The van der Waals surface area contributed by atoms with Gasteiger partial charge in [-0.2, -0.15) is 0 Å². The smallest absolute Gasteiger partial charge is 0.251 e. The zero-order chi connectivity index (χ0) is 15.9. The first kappa shape index (κ1) is 17.2. The molecule has 0 aliphatic heterocycles. The fourth-order valence-electron chi connectivity index (χ4n) is 1.73. The van der Waals surface area contributed by atoms with Crippen molar-refractivity contribution in [2.24, 2.45) is 0 Å². The monoisotopic (exact) mass is 312 g/mol. The first-order valence-corrected chi connectivity index (χ1v) is 8.48. The maximum absolute atomic E-state index is 11.8. The fraction of sp³-hybridized carbons (Fsp3) is 0.429. The molecule has 116 valence electrons. The van der Waals surface area contributed by atoms with Gasteiger partial charge in [-0.15, -0.1) is 0 Å². The average molecular weight is 312 g/mol. The molecule has 6 nitrogen and oxygen atoms in total. The number of nitrogens with one attached hydrogen (secondary N) is 1. The summed E-state index contributed by atoms with van der Waals surface area (Å²) in [5.74, 6) is -1.35. The van der Waals surface area contributed by atoms with Crippen LogP contribution in [0.4, 0.5) is 0 Å². The zero-order valence-electron chi connectivity index (χ0n) is 11.8. The topological polar surface area (TPSA) is 103 Å². The maximum Gasteiger partial charge on any atom is 0.251 e. The number of aliphatic carboxylic acids is 1. The summed E-state index contributed by atoms with van der Waals surface area (Å²) in [6, 6.07) is 5.71. The quantitative estimate of drug-likeness (QED) is 0.687. The number of unbranched alkanes of at least 4 members (excludes halogenated alkanes) is 2. The molecule has 1 N–H and O–H groups in total. The summed E-state index contributed by atoms with van der Waals surface area (Å²) in [6.07, 6.45) is 3.04. The first-order valence-electron chi connectivity index (χ1n) is 6.59. The second-order valence-electron chi connectivity index (χ2n) is 4.74. The van der Waals surface area contributed by atoms with Crippen molar-refractivity contribution in [3.05, 3.63) is 29.8 Å². The highest BCUT2D eigenvalue weighted by atomic mass is 32.2. The molecule has 1 rings (SSSR count). The summed E-state index contributed by atoms with van der Waals surface area (Å²) in [7, 11) is -3.26. The van der Waals surface area contributed by atoms with Crippen LogP contribution in [0.1, 0.15) is 36.0 Å². The lowest BCUT2D eigenvalue weighted by Crippen LogP contribution is -2.24. The van der Waals surface area contributed by atoms with Crippen LogP contribution in [0.15, 0.2) is 29.2 Å². The van der Waals surface area contributed by atoms with E-state index in [0.29, 0.717) is 31.4 Å². The van der Waals surface area contributed by atoms with Gasteiger partial charge < -0.3 is 15.2 Å². The average Bonchev–Trinajstić information content (AvgIpc) is 2.41. The molecule has 0 fully saturated rings. The number of carbonyl (C=O) groups is 2. The van der Waals surface area contributed by atoms with Gasteiger partial charge in [-0.3, -0.25) is 4.79 Å². The molecule has 0 atom stereocenters. The molecule has 1 aromatic carbocycles. The molecule has 0 heterocycles. The van der Waals surface area contributed by atoms with Gasteiger partial charge in [0.2, 0.25) is 0 Å². The van der Waals surface area contributed by atoms with Crippen LogP contribution in [0, 0.1) is 0 Å². The molecule has 0 aromatic heterocycles. The van der Waals surface area contributed by atoms with Crippen molar-refractivity contribution in [2.75, 3.05) is 12.8 Å². The predicted molar refractivity (Wildman–Crippen MR) is 75.4 cm³/mol. The maximum atomic E-state index is 11.8. The third-order valence-corrected chi connectivity index (χ3v) is 4.02. The van der Waals surface area contributed by atoms with Gasteiger partial charge in [-0.25, -0.2) is 8.42 Å². The van der Waals surface area contributed by atoms with E-state index >= 15 is 0 Å². The van der Waals surface area contributed by atoms with Gasteiger partial charge in [-0.05, 0) is 43.5 Å². The first-order chi connectivity index (χ1) is 9.80. The molecule has 0 saturated carbocycles. The van der Waals surface area contributed by atoms with E-state index in [1.165, 1.54) is 24.3 Å². The molecule has 0 aliphatic rings. The zero-order valence-corrected chi connectivity index (χ0v) is 12.6. The van der Waals surface area contributed by atoms with E-state index in [2.05, 4.69) is 5.32 Å². The SMILES string of the molecule is CS(=O)(=O)c1ccc(C(=O)NCCCCCC(=O)[O-])cc1. The molecule has 0 aliphatic carbocycles. The van der Waals surface area contributed by atoms with Gasteiger partial charge in [0.1, 0.15) is 0 Å². The number of sulfone groups is 1. The summed E-state index contributed by atoms with van der Waals surface area (Å²) >= 11 is 0. The Hall–Kier alpha value is -1.89. The van der Waals surface area contributed by atoms with Crippen LogP contribution < -0.4 is 10.4 Å². The van der Waals surface area contributed by atoms with Crippen molar-refractivity contribution in [2.45, 2.75) is 30.6 Å². The normalized spacial score (nSPS) is 11.1. The molecule has 1 amide bonds. The van der Waals surface area contributed by atoms with Crippen molar-refractivity contribution in [1.29, 1.82) is 0 Å². The molecular weight excluding hydrogens is 294 g/mol.